The first-order chi connectivity index (χ1) is 7.22. The van der Waals surface area contributed by atoms with Crippen LogP contribution in [0.3, 0.4) is 0 Å². The molecule has 0 saturated carbocycles. The minimum atomic E-state index is -0.0792. The van der Waals surface area contributed by atoms with Gasteiger partial charge in [-0.3, -0.25) is 0 Å². The summed E-state index contributed by atoms with van der Waals surface area (Å²) in [6, 6.07) is 3.56. The fraction of sp³-hybridized carbons (Fsp3) is 0.500. The molecule has 0 radical (unpaired) electrons. The number of rotatable bonds is 2. The van der Waals surface area contributed by atoms with Crippen LogP contribution in [0.4, 0.5) is 4.39 Å². The number of hydrogen-bond acceptors (Lipinski definition) is 2. The van der Waals surface area contributed by atoms with Crippen LogP contribution in [0.1, 0.15) is 23.5 Å². The van der Waals surface area contributed by atoms with E-state index in [2.05, 4.69) is 5.32 Å². The van der Waals surface area contributed by atoms with Gasteiger partial charge < -0.3 is 10.1 Å². The summed E-state index contributed by atoms with van der Waals surface area (Å²) in [5, 5.41) is 3.25. The Hall–Kier alpha value is -1.09. The molecular weight excluding hydrogens is 193 g/mol. The molecule has 82 valence electrons. The third-order valence-corrected chi connectivity index (χ3v) is 2.99. The average molecular weight is 209 g/mol. The molecule has 15 heavy (non-hydrogen) atoms. The van der Waals surface area contributed by atoms with Crippen LogP contribution in [-0.2, 0) is 0 Å². The second-order valence-electron chi connectivity index (χ2n) is 4.04. The quantitative estimate of drug-likeness (QED) is 0.806. The lowest BCUT2D eigenvalue weighted by Gasteiger charge is -2.13. The third kappa shape index (κ3) is 1.97. The van der Waals surface area contributed by atoms with E-state index in [9.17, 15) is 4.39 Å². The number of hydrogen-bond donors (Lipinski definition) is 1. The largest absolute Gasteiger partial charge is 0.497 e. The van der Waals surface area contributed by atoms with Crippen LogP contribution >= 0.6 is 0 Å². The summed E-state index contributed by atoms with van der Waals surface area (Å²) in [4.78, 5) is 0. The maximum Gasteiger partial charge on any atom is 0.129 e. The van der Waals surface area contributed by atoms with Crippen LogP contribution in [0.15, 0.2) is 12.1 Å². The Morgan fingerprint density at radius 2 is 2.27 bits per heavy atom. The predicted molar refractivity (Wildman–Crippen MR) is 57.9 cm³/mol. The van der Waals surface area contributed by atoms with Crippen molar-refractivity contribution in [2.24, 2.45) is 0 Å². The molecule has 0 bridgehead atoms. The van der Waals surface area contributed by atoms with Gasteiger partial charge in [0.15, 0.2) is 0 Å². The van der Waals surface area contributed by atoms with Crippen LogP contribution in [-0.4, -0.2) is 20.2 Å². The number of aryl methyl sites for hydroxylation is 1. The zero-order valence-electron chi connectivity index (χ0n) is 9.14. The lowest BCUT2D eigenvalue weighted by molar-refractivity contribution is 0.411. The van der Waals surface area contributed by atoms with Gasteiger partial charge in [0, 0.05) is 12.5 Å². The molecule has 2 nitrogen and oxygen atoms in total. The molecule has 1 aromatic rings. The second-order valence-corrected chi connectivity index (χ2v) is 4.04. The molecule has 1 aliphatic rings. The molecule has 1 aromatic carbocycles. The van der Waals surface area contributed by atoms with E-state index in [1.54, 1.807) is 20.1 Å². The lowest BCUT2D eigenvalue weighted by Crippen LogP contribution is -2.09. The number of ether oxygens (including phenoxy) is 1. The van der Waals surface area contributed by atoms with E-state index >= 15 is 0 Å². The molecule has 0 spiro atoms. The minimum absolute atomic E-state index is 0.0792. The first kappa shape index (κ1) is 10.4. The Labute approximate surface area is 89.4 Å². The molecule has 1 aliphatic heterocycles. The van der Waals surface area contributed by atoms with E-state index in [4.69, 9.17) is 4.74 Å². The SMILES string of the molecule is COc1cc(C)c(F)c(C2CCNC2)c1. The Morgan fingerprint density at radius 3 is 2.87 bits per heavy atom. The van der Waals surface area contributed by atoms with Crippen LogP contribution < -0.4 is 10.1 Å². The Balaban J connectivity index is 2.39. The first-order valence-electron chi connectivity index (χ1n) is 5.27. The summed E-state index contributed by atoms with van der Waals surface area (Å²) >= 11 is 0. The zero-order chi connectivity index (χ0) is 10.8. The monoisotopic (exact) mass is 209 g/mol. The van der Waals surface area contributed by atoms with Gasteiger partial charge >= 0.3 is 0 Å². The molecule has 1 heterocycles. The van der Waals surface area contributed by atoms with Gasteiger partial charge in [-0.2, -0.15) is 0 Å². The van der Waals surface area contributed by atoms with Gasteiger partial charge in [-0.05, 0) is 43.1 Å². The molecule has 1 N–H and O–H groups in total. The Kier molecular flexibility index (Phi) is 2.91. The van der Waals surface area contributed by atoms with Crippen LogP contribution in [0, 0.1) is 12.7 Å². The minimum Gasteiger partial charge on any atom is -0.497 e. The van der Waals surface area contributed by atoms with E-state index < -0.39 is 0 Å². The smallest absolute Gasteiger partial charge is 0.129 e. The van der Waals surface area contributed by atoms with Gasteiger partial charge in [0.05, 0.1) is 7.11 Å². The van der Waals surface area contributed by atoms with Gasteiger partial charge in [0.2, 0.25) is 0 Å². The molecule has 1 saturated heterocycles. The van der Waals surface area contributed by atoms with Gasteiger partial charge in [-0.1, -0.05) is 0 Å². The molecule has 1 unspecified atom stereocenters. The van der Waals surface area contributed by atoms with Crippen LogP contribution in [0.5, 0.6) is 5.75 Å². The highest BCUT2D eigenvalue weighted by atomic mass is 19.1. The second kappa shape index (κ2) is 4.19. The van der Waals surface area contributed by atoms with Crippen LogP contribution in [0.2, 0.25) is 0 Å². The highest BCUT2D eigenvalue weighted by Crippen LogP contribution is 2.30. The van der Waals surface area contributed by atoms with Crippen molar-refractivity contribution in [1.29, 1.82) is 0 Å². The molecule has 1 fully saturated rings. The van der Waals surface area contributed by atoms with Gasteiger partial charge in [-0.25, -0.2) is 4.39 Å². The highest BCUT2D eigenvalue weighted by molar-refractivity contribution is 5.37. The van der Waals surface area contributed by atoms with Crippen LogP contribution in [0.25, 0.3) is 0 Å². The Bertz CT molecular complexity index is 359. The molecular formula is C12H16FNO. The predicted octanol–water partition coefficient (Wildman–Crippen LogP) is 2.22. The van der Waals surface area contributed by atoms with Crippen molar-refractivity contribution in [3.05, 3.63) is 29.1 Å². The molecule has 1 atom stereocenters. The van der Waals surface area contributed by atoms with Crippen molar-refractivity contribution >= 4 is 0 Å². The van der Waals surface area contributed by atoms with E-state index in [1.165, 1.54) is 0 Å². The fourth-order valence-electron chi connectivity index (χ4n) is 2.10. The third-order valence-electron chi connectivity index (χ3n) is 2.99. The standard InChI is InChI=1S/C12H16FNO/c1-8-5-10(15-2)6-11(12(8)13)9-3-4-14-7-9/h5-6,9,14H,3-4,7H2,1-2H3. The molecule has 0 aliphatic carbocycles. The number of benzene rings is 1. The summed E-state index contributed by atoms with van der Waals surface area (Å²) < 4.78 is 19.0. The van der Waals surface area contributed by atoms with E-state index in [-0.39, 0.29) is 5.82 Å². The first-order valence-corrected chi connectivity index (χ1v) is 5.27. The van der Waals surface area contributed by atoms with Crippen molar-refractivity contribution in [1.82, 2.24) is 5.32 Å². The van der Waals surface area contributed by atoms with E-state index in [0.29, 0.717) is 11.5 Å². The van der Waals surface area contributed by atoms with Gasteiger partial charge in [-0.15, -0.1) is 0 Å². The summed E-state index contributed by atoms with van der Waals surface area (Å²) in [6.07, 6.45) is 1.00. The summed E-state index contributed by atoms with van der Waals surface area (Å²) in [7, 11) is 1.61. The maximum atomic E-state index is 13.9. The van der Waals surface area contributed by atoms with Crippen molar-refractivity contribution in [2.45, 2.75) is 19.3 Å². The summed E-state index contributed by atoms with van der Waals surface area (Å²) in [6.45, 7) is 3.62. The average Bonchev–Trinajstić information content (AvgIpc) is 2.75. The molecule has 3 heteroatoms. The topological polar surface area (TPSA) is 21.3 Å². The van der Waals surface area contributed by atoms with Crippen molar-refractivity contribution in [2.75, 3.05) is 20.2 Å². The maximum absolute atomic E-state index is 13.9. The van der Waals surface area contributed by atoms with E-state index in [1.807, 2.05) is 6.07 Å². The van der Waals surface area contributed by atoms with Gasteiger partial charge in [0.25, 0.3) is 0 Å². The van der Waals surface area contributed by atoms with E-state index in [0.717, 1.165) is 30.8 Å². The zero-order valence-corrected chi connectivity index (χ0v) is 9.14. The van der Waals surface area contributed by atoms with Crippen molar-refractivity contribution < 1.29 is 9.13 Å². The molecule has 2 rings (SSSR count). The lowest BCUT2D eigenvalue weighted by atomic mass is 9.95. The number of nitrogens with one attached hydrogen (secondary N) is 1. The molecule has 0 aromatic heterocycles. The highest BCUT2D eigenvalue weighted by Gasteiger charge is 2.21. The summed E-state index contributed by atoms with van der Waals surface area (Å²) in [5.41, 5.74) is 1.45. The molecule has 0 amide bonds. The van der Waals surface area contributed by atoms with Crippen molar-refractivity contribution in [3.63, 3.8) is 0 Å². The normalized spacial score (nSPS) is 20.6. The summed E-state index contributed by atoms with van der Waals surface area (Å²) in [5.74, 6) is 0.958. The van der Waals surface area contributed by atoms with Gasteiger partial charge in [0.1, 0.15) is 11.6 Å². The van der Waals surface area contributed by atoms with Crippen molar-refractivity contribution in [3.8, 4) is 5.75 Å². The number of methoxy groups -OCH3 is 1. The fourth-order valence-corrected chi connectivity index (χ4v) is 2.10. The number of halogens is 1. The Morgan fingerprint density at radius 1 is 1.47 bits per heavy atom.